The highest BCUT2D eigenvalue weighted by Gasteiger charge is 2.30. The van der Waals surface area contributed by atoms with Gasteiger partial charge >= 0.3 is 23.9 Å². The number of phenolic OH excluding ortho intramolecular Hbond substituents is 1. The smallest absolute Gasteiger partial charge is 0.347 e. The molecule has 1 N–H and O–H groups in total. The number of carbonyl (C=O) groups is 4. The van der Waals surface area contributed by atoms with E-state index < -0.39 is 29.6 Å². The molecule has 5 aromatic rings. The Kier molecular flexibility index (Phi) is 14.5. The molecule has 326 valence electrons. The highest BCUT2D eigenvalue weighted by Crippen LogP contribution is 2.40. The average molecular weight is 847 g/mol. The maximum Gasteiger partial charge on any atom is 0.347 e. The Morgan fingerprint density at radius 2 is 1.08 bits per heavy atom. The van der Waals surface area contributed by atoms with Crippen molar-refractivity contribution in [2.75, 3.05) is 21.0 Å². The van der Waals surface area contributed by atoms with Crippen LogP contribution in [0.4, 0.5) is 0 Å². The summed E-state index contributed by atoms with van der Waals surface area (Å²) in [6.07, 6.45) is 0.439. The topological polar surface area (TPSA) is 153 Å². The quantitative estimate of drug-likeness (QED) is 0.0643. The maximum atomic E-state index is 14.0. The third-order valence-corrected chi connectivity index (χ3v) is 11.5. The second-order valence-electron chi connectivity index (χ2n) is 15.3. The molecule has 12 nitrogen and oxygen atoms in total. The summed E-state index contributed by atoms with van der Waals surface area (Å²) in [6.45, 7) is 19.1. The number of phenols is 1. The molecule has 0 aliphatic rings. The van der Waals surface area contributed by atoms with Crippen molar-refractivity contribution in [3.05, 3.63) is 138 Å². The standard InChI is InChI=1S/C50H54O12/c1-14-37-33(10)43(47(52)59-24-56-12)29(6)32(9)46(37)62-49(54)41-26(3)21-38(34(11)44(41)51)60-50(55)42-27(4)30(7)45(31(8)28(42)5)61-48(53)40-25(2)20-36(22-39(40)57-13)58-23-35-18-16-15-17-19-35/h15-22,51H,14,23-24H2,1-13H3. The molecule has 0 aromatic heterocycles. The van der Waals surface area contributed by atoms with Crippen molar-refractivity contribution < 1.29 is 57.4 Å². The van der Waals surface area contributed by atoms with Crippen molar-refractivity contribution in [2.45, 2.75) is 89.2 Å². The summed E-state index contributed by atoms with van der Waals surface area (Å²) in [7, 11) is 2.89. The monoisotopic (exact) mass is 846 g/mol. The van der Waals surface area contributed by atoms with Crippen LogP contribution in [0, 0.1) is 69.2 Å². The van der Waals surface area contributed by atoms with E-state index in [1.54, 1.807) is 74.4 Å². The number of methoxy groups -OCH3 is 2. The summed E-state index contributed by atoms with van der Waals surface area (Å²) >= 11 is 0. The summed E-state index contributed by atoms with van der Waals surface area (Å²) in [5.74, 6) is -1.69. The fourth-order valence-corrected chi connectivity index (χ4v) is 7.62. The van der Waals surface area contributed by atoms with Gasteiger partial charge in [0.2, 0.25) is 0 Å². The highest BCUT2D eigenvalue weighted by molar-refractivity contribution is 6.00. The van der Waals surface area contributed by atoms with Crippen LogP contribution in [0.5, 0.6) is 34.5 Å². The van der Waals surface area contributed by atoms with E-state index in [4.69, 9.17) is 33.2 Å². The molecule has 62 heavy (non-hydrogen) atoms. The Morgan fingerprint density at radius 3 is 1.66 bits per heavy atom. The van der Waals surface area contributed by atoms with Gasteiger partial charge in [-0.1, -0.05) is 37.3 Å². The highest BCUT2D eigenvalue weighted by atomic mass is 16.7. The number of aryl methyl sites for hydroxylation is 2. The van der Waals surface area contributed by atoms with E-state index in [-0.39, 0.29) is 46.3 Å². The van der Waals surface area contributed by atoms with Crippen LogP contribution in [-0.4, -0.2) is 50.0 Å². The SMILES string of the molecule is CCc1c(C)c(C(=O)OCOC)c(C)c(C)c1OC(=O)c1c(C)cc(OC(=O)c2c(C)c(C)c(OC(=O)c3c(C)cc(OCc4ccccc4)cc3OC)c(C)c2C)c(C)c1O. The third-order valence-electron chi connectivity index (χ3n) is 11.5. The van der Waals surface area contributed by atoms with Crippen molar-refractivity contribution in [3.63, 3.8) is 0 Å². The van der Waals surface area contributed by atoms with Gasteiger partial charge in [0.25, 0.3) is 0 Å². The molecule has 0 heterocycles. The number of aromatic hydroxyl groups is 1. The van der Waals surface area contributed by atoms with Gasteiger partial charge in [-0.3, -0.25) is 0 Å². The Hall–Kier alpha value is -6.66. The molecule has 0 atom stereocenters. The molecular formula is C50H54O12. The van der Waals surface area contributed by atoms with Crippen molar-refractivity contribution in [1.29, 1.82) is 0 Å². The number of rotatable bonds is 14. The van der Waals surface area contributed by atoms with Crippen molar-refractivity contribution >= 4 is 23.9 Å². The first kappa shape index (κ1) is 46.4. The van der Waals surface area contributed by atoms with Gasteiger partial charge in [-0.25, -0.2) is 19.2 Å². The maximum absolute atomic E-state index is 14.0. The first-order valence-corrected chi connectivity index (χ1v) is 20.1. The molecule has 12 heteroatoms. The zero-order valence-electron chi connectivity index (χ0n) is 37.7. The Bertz CT molecular complexity index is 2560. The van der Waals surface area contributed by atoms with E-state index in [1.807, 2.05) is 37.3 Å². The number of carbonyl (C=O) groups excluding carboxylic acids is 4. The molecule has 0 spiro atoms. The average Bonchev–Trinajstić information content (AvgIpc) is 3.24. The predicted octanol–water partition coefficient (Wildman–Crippen LogP) is 10.0. The van der Waals surface area contributed by atoms with Crippen LogP contribution >= 0.6 is 0 Å². The Labute approximate surface area is 362 Å². The van der Waals surface area contributed by atoms with Crippen molar-refractivity contribution in [3.8, 4) is 34.5 Å². The molecular weight excluding hydrogens is 793 g/mol. The summed E-state index contributed by atoms with van der Waals surface area (Å²) in [4.78, 5) is 54.5. The fraction of sp³-hybridized carbons (Fsp3) is 0.320. The molecule has 0 saturated carbocycles. The Balaban J connectivity index is 1.39. The molecule has 0 radical (unpaired) electrons. The lowest BCUT2D eigenvalue weighted by Gasteiger charge is -2.22. The molecule has 0 bridgehead atoms. The minimum Gasteiger partial charge on any atom is -0.507 e. The van der Waals surface area contributed by atoms with E-state index in [9.17, 15) is 24.3 Å². The fourth-order valence-electron chi connectivity index (χ4n) is 7.62. The van der Waals surface area contributed by atoms with Crippen LogP contribution in [0.1, 0.15) is 115 Å². The molecule has 0 saturated heterocycles. The number of hydrogen-bond acceptors (Lipinski definition) is 12. The summed E-state index contributed by atoms with van der Waals surface area (Å²) < 4.78 is 39.7. The van der Waals surface area contributed by atoms with E-state index in [1.165, 1.54) is 27.2 Å². The van der Waals surface area contributed by atoms with Crippen LogP contribution in [0.25, 0.3) is 0 Å². The molecule has 0 aliphatic heterocycles. The van der Waals surface area contributed by atoms with Gasteiger partial charge in [-0.15, -0.1) is 0 Å². The van der Waals surface area contributed by atoms with Gasteiger partial charge in [0.05, 0.1) is 18.2 Å². The first-order valence-electron chi connectivity index (χ1n) is 20.1. The minimum atomic E-state index is -0.824. The summed E-state index contributed by atoms with van der Waals surface area (Å²) in [5, 5.41) is 11.4. The van der Waals surface area contributed by atoms with Gasteiger partial charge in [-0.05, 0) is 149 Å². The lowest BCUT2D eigenvalue weighted by atomic mass is 9.91. The van der Waals surface area contributed by atoms with Crippen LogP contribution in [0.3, 0.4) is 0 Å². The Morgan fingerprint density at radius 1 is 0.548 bits per heavy atom. The van der Waals surface area contributed by atoms with E-state index in [0.717, 1.165) is 5.56 Å². The van der Waals surface area contributed by atoms with Crippen molar-refractivity contribution in [1.82, 2.24) is 0 Å². The predicted molar refractivity (Wildman–Crippen MR) is 234 cm³/mol. The second-order valence-corrected chi connectivity index (χ2v) is 15.3. The van der Waals surface area contributed by atoms with Crippen molar-refractivity contribution in [2.24, 2.45) is 0 Å². The largest absolute Gasteiger partial charge is 0.507 e. The zero-order chi connectivity index (χ0) is 45.7. The lowest BCUT2D eigenvalue weighted by Crippen LogP contribution is -2.19. The third kappa shape index (κ3) is 9.15. The number of esters is 4. The van der Waals surface area contributed by atoms with Gasteiger partial charge in [0.15, 0.2) is 6.79 Å². The van der Waals surface area contributed by atoms with Gasteiger partial charge in [-0.2, -0.15) is 0 Å². The number of hydrogen-bond donors (Lipinski definition) is 1. The molecule has 5 aromatic carbocycles. The molecule has 0 aliphatic carbocycles. The molecule has 0 unspecified atom stereocenters. The molecule has 5 rings (SSSR count). The number of ether oxygens (including phenoxy) is 7. The van der Waals surface area contributed by atoms with E-state index in [0.29, 0.717) is 85.7 Å². The van der Waals surface area contributed by atoms with Gasteiger partial charge in [0.1, 0.15) is 52.2 Å². The first-order chi connectivity index (χ1) is 29.4. The lowest BCUT2D eigenvalue weighted by molar-refractivity contribution is -0.0126. The van der Waals surface area contributed by atoms with Crippen LogP contribution in [0.2, 0.25) is 0 Å². The zero-order valence-corrected chi connectivity index (χ0v) is 37.7. The van der Waals surface area contributed by atoms with Crippen LogP contribution < -0.4 is 23.7 Å². The molecule has 0 fully saturated rings. The molecule has 0 amide bonds. The number of benzene rings is 5. The second kappa shape index (κ2) is 19.4. The summed E-state index contributed by atoms with van der Waals surface area (Å²) in [6, 6.07) is 14.6. The summed E-state index contributed by atoms with van der Waals surface area (Å²) in [5.41, 5.74) is 7.33. The van der Waals surface area contributed by atoms with E-state index >= 15 is 0 Å². The van der Waals surface area contributed by atoms with Crippen LogP contribution in [0.15, 0.2) is 48.5 Å². The van der Waals surface area contributed by atoms with Gasteiger partial charge in [0, 0.05) is 18.7 Å². The normalized spacial score (nSPS) is 10.9. The van der Waals surface area contributed by atoms with Crippen LogP contribution in [-0.2, 0) is 22.5 Å². The minimum absolute atomic E-state index is 0.0426. The van der Waals surface area contributed by atoms with E-state index in [2.05, 4.69) is 0 Å². The van der Waals surface area contributed by atoms with Gasteiger partial charge < -0.3 is 38.3 Å².